The number of nitrogens with one attached hydrogen (secondary N) is 1. The summed E-state index contributed by atoms with van der Waals surface area (Å²) in [5.41, 5.74) is 5.81. The van der Waals surface area contributed by atoms with Crippen LogP contribution in [0.5, 0.6) is 0 Å². The van der Waals surface area contributed by atoms with Crippen molar-refractivity contribution in [1.82, 2.24) is 5.32 Å². The van der Waals surface area contributed by atoms with Gasteiger partial charge >= 0.3 is 0 Å². The Morgan fingerprint density at radius 2 is 2.06 bits per heavy atom. The maximum atomic E-state index is 12.0. The summed E-state index contributed by atoms with van der Waals surface area (Å²) in [6, 6.07) is 5.06. The molecule has 0 aliphatic carbocycles. The van der Waals surface area contributed by atoms with Crippen LogP contribution in [0.15, 0.2) is 22.7 Å². The number of hydrogen-bond acceptors (Lipinski definition) is 3. The minimum Gasteiger partial charge on any atom is -0.399 e. The van der Waals surface area contributed by atoms with Gasteiger partial charge in [0.15, 0.2) is 0 Å². The first-order valence-electron chi connectivity index (χ1n) is 5.97. The summed E-state index contributed by atoms with van der Waals surface area (Å²) in [7, 11) is 0. The Labute approximate surface area is 116 Å². The number of carbonyl (C=O) groups excluding carboxylic acids is 1. The van der Waals surface area contributed by atoms with Gasteiger partial charge in [-0.2, -0.15) is 0 Å². The quantitative estimate of drug-likeness (QED) is 0.730. The Hall–Kier alpha value is -1.07. The first kappa shape index (κ1) is 15.0. The summed E-state index contributed by atoms with van der Waals surface area (Å²) in [6.07, 6.45) is 1.20. The minimum atomic E-state index is -0.845. The summed E-state index contributed by atoms with van der Waals surface area (Å²) in [6.45, 7) is 4.03. The highest BCUT2D eigenvalue weighted by Gasteiger charge is 2.23. The highest BCUT2D eigenvalue weighted by Crippen LogP contribution is 2.20. The van der Waals surface area contributed by atoms with Crippen LogP contribution in [0.2, 0.25) is 0 Å². The topological polar surface area (TPSA) is 75.3 Å². The smallest absolute Gasteiger partial charge is 0.252 e. The van der Waals surface area contributed by atoms with E-state index in [0.717, 1.165) is 0 Å². The number of rotatable bonds is 5. The molecule has 1 rings (SSSR count). The van der Waals surface area contributed by atoms with Gasteiger partial charge in [-0.1, -0.05) is 13.8 Å². The van der Waals surface area contributed by atoms with E-state index < -0.39 is 5.60 Å². The van der Waals surface area contributed by atoms with E-state index in [1.165, 1.54) is 0 Å². The molecule has 18 heavy (non-hydrogen) atoms. The Morgan fingerprint density at radius 3 is 2.61 bits per heavy atom. The maximum Gasteiger partial charge on any atom is 0.252 e. The molecular weight excluding hydrogens is 296 g/mol. The van der Waals surface area contributed by atoms with Gasteiger partial charge in [0.1, 0.15) is 0 Å². The zero-order chi connectivity index (χ0) is 13.8. The van der Waals surface area contributed by atoms with E-state index in [1.807, 2.05) is 13.8 Å². The summed E-state index contributed by atoms with van der Waals surface area (Å²) >= 11 is 3.31. The Bertz CT molecular complexity index is 431. The monoisotopic (exact) mass is 314 g/mol. The van der Waals surface area contributed by atoms with Crippen molar-refractivity contribution in [1.29, 1.82) is 0 Å². The fraction of sp³-hybridized carbons (Fsp3) is 0.462. The second-order valence-electron chi connectivity index (χ2n) is 4.35. The number of benzene rings is 1. The average Bonchev–Trinajstić information content (AvgIpc) is 2.38. The molecule has 4 N–H and O–H groups in total. The van der Waals surface area contributed by atoms with Crippen LogP contribution >= 0.6 is 15.9 Å². The largest absolute Gasteiger partial charge is 0.399 e. The van der Waals surface area contributed by atoms with Gasteiger partial charge in [-0.05, 0) is 47.0 Å². The van der Waals surface area contributed by atoms with Crippen LogP contribution in [0.3, 0.4) is 0 Å². The molecule has 0 heterocycles. The summed E-state index contributed by atoms with van der Waals surface area (Å²) in [5, 5.41) is 12.8. The van der Waals surface area contributed by atoms with E-state index in [4.69, 9.17) is 5.73 Å². The van der Waals surface area contributed by atoms with Gasteiger partial charge in [0.2, 0.25) is 0 Å². The number of amides is 1. The predicted octanol–water partition coefficient (Wildman–Crippen LogP) is 2.31. The molecule has 0 aliphatic rings. The molecule has 0 saturated carbocycles. The lowest BCUT2D eigenvalue weighted by Crippen LogP contribution is -2.42. The van der Waals surface area contributed by atoms with E-state index in [2.05, 4.69) is 21.2 Å². The molecule has 0 unspecified atom stereocenters. The number of aliphatic hydroxyl groups is 1. The summed E-state index contributed by atoms with van der Waals surface area (Å²) < 4.78 is 0.686. The van der Waals surface area contributed by atoms with E-state index in [0.29, 0.717) is 28.6 Å². The molecule has 0 bridgehead atoms. The molecular formula is C13H19BrN2O2. The third-order valence-electron chi connectivity index (χ3n) is 3.13. The molecule has 0 atom stereocenters. The zero-order valence-electron chi connectivity index (χ0n) is 10.7. The van der Waals surface area contributed by atoms with Crippen LogP contribution < -0.4 is 11.1 Å². The van der Waals surface area contributed by atoms with Crippen molar-refractivity contribution in [2.24, 2.45) is 0 Å². The van der Waals surface area contributed by atoms with Gasteiger partial charge in [-0.25, -0.2) is 0 Å². The molecule has 1 amide bonds. The number of nitrogen functional groups attached to an aromatic ring is 1. The van der Waals surface area contributed by atoms with Gasteiger partial charge in [-0.15, -0.1) is 0 Å². The first-order chi connectivity index (χ1) is 8.41. The average molecular weight is 315 g/mol. The van der Waals surface area contributed by atoms with Crippen LogP contribution in [-0.4, -0.2) is 23.2 Å². The molecule has 0 radical (unpaired) electrons. The second kappa shape index (κ2) is 6.20. The van der Waals surface area contributed by atoms with E-state index in [-0.39, 0.29) is 12.5 Å². The fourth-order valence-electron chi connectivity index (χ4n) is 1.56. The van der Waals surface area contributed by atoms with Crippen molar-refractivity contribution in [2.75, 3.05) is 12.3 Å². The van der Waals surface area contributed by atoms with Crippen molar-refractivity contribution in [3.05, 3.63) is 28.2 Å². The van der Waals surface area contributed by atoms with Crippen LogP contribution in [-0.2, 0) is 0 Å². The summed E-state index contributed by atoms with van der Waals surface area (Å²) in [4.78, 5) is 12.0. The molecule has 0 spiro atoms. The van der Waals surface area contributed by atoms with Gasteiger partial charge in [-0.3, -0.25) is 4.79 Å². The lowest BCUT2D eigenvalue weighted by molar-refractivity contribution is 0.0314. The lowest BCUT2D eigenvalue weighted by Gasteiger charge is -2.25. The van der Waals surface area contributed by atoms with Crippen LogP contribution in [0, 0.1) is 0 Å². The Morgan fingerprint density at radius 1 is 1.44 bits per heavy atom. The van der Waals surface area contributed by atoms with Gasteiger partial charge in [0.05, 0.1) is 11.2 Å². The van der Waals surface area contributed by atoms with Crippen molar-refractivity contribution in [2.45, 2.75) is 32.3 Å². The van der Waals surface area contributed by atoms with E-state index in [9.17, 15) is 9.90 Å². The zero-order valence-corrected chi connectivity index (χ0v) is 12.3. The summed E-state index contributed by atoms with van der Waals surface area (Å²) in [5.74, 6) is -0.241. The van der Waals surface area contributed by atoms with Crippen molar-refractivity contribution in [3.8, 4) is 0 Å². The molecule has 4 nitrogen and oxygen atoms in total. The fourth-order valence-corrected chi connectivity index (χ4v) is 1.98. The molecule has 100 valence electrons. The standard InChI is InChI=1S/C13H19BrN2O2/c1-3-13(18,4-2)8-16-12(17)10-7-9(15)5-6-11(10)14/h5-7,18H,3-4,8,15H2,1-2H3,(H,16,17). The molecule has 0 saturated heterocycles. The van der Waals surface area contributed by atoms with Crippen molar-refractivity contribution < 1.29 is 9.90 Å². The van der Waals surface area contributed by atoms with Crippen molar-refractivity contribution >= 4 is 27.5 Å². The van der Waals surface area contributed by atoms with Crippen LogP contribution in [0.1, 0.15) is 37.0 Å². The molecule has 0 aromatic heterocycles. The SMILES string of the molecule is CCC(O)(CC)CNC(=O)c1cc(N)ccc1Br. The highest BCUT2D eigenvalue weighted by molar-refractivity contribution is 9.10. The predicted molar refractivity (Wildman–Crippen MR) is 76.4 cm³/mol. The Balaban J connectivity index is 2.74. The normalized spacial score (nSPS) is 11.3. The number of hydrogen-bond donors (Lipinski definition) is 3. The molecule has 5 heteroatoms. The van der Waals surface area contributed by atoms with Gasteiger partial charge in [0.25, 0.3) is 5.91 Å². The number of nitrogens with two attached hydrogens (primary N) is 1. The molecule has 0 fully saturated rings. The minimum absolute atomic E-state index is 0.236. The molecule has 1 aromatic carbocycles. The maximum absolute atomic E-state index is 12.0. The molecule has 1 aromatic rings. The highest BCUT2D eigenvalue weighted by atomic mass is 79.9. The molecule has 0 aliphatic heterocycles. The van der Waals surface area contributed by atoms with Crippen LogP contribution in [0.4, 0.5) is 5.69 Å². The lowest BCUT2D eigenvalue weighted by atomic mass is 9.97. The van der Waals surface area contributed by atoms with Crippen molar-refractivity contribution in [3.63, 3.8) is 0 Å². The van der Waals surface area contributed by atoms with E-state index in [1.54, 1.807) is 18.2 Å². The van der Waals surface area contributed by atoms with Gasteiger partial charge < -0.3 is 16.2 Å². The number of carbonyl (C=O) groups is 1. The first-order valence-corrected chi connectivity index (χ1v) is 6.76. The van der Waals surface area contributed by atoms with Gasteiger partial charge in [0, 0.05) is 16.7 Å². The van der Waals surface area contributed by atoms with Crippen LogP contribution in [0.25, 0.3) is 0 Å². The third-order valence-corrected chi connectivity index (χ3v) is 3.82. The third kappa shape index (κ3) is 3.71. The number of anilines is 1. The van der Waals surface area contributed by atoms with E-state index >= 15 is 0 Å². The number of halogens is 1. The second-order valence-corrected chi connectivity index (χ2v) is 5.21. The Kier molecular flexibility index (Phi) is 5.16.